The minimum absolute atomic E-state index is 0.519. The first-order valence-electron chi connectivity index (χ1n) is 14.1. The van der Waals surface area contributed by atoms with Gasteiger partial charge in [-0.2, -0.15) is 0 Å². The lowest BCUT2D eigenvalue weighted by atomic mass is 9.93. The molecule has 1 saturated carbocycles. The van der Waals surface area contributed by atoms with Gasteiger partial charge in [0, 0.05) is 49.5 Å². The van der Waals surface area contributed by atoms with E-state index in [1.807, 2.05) is 6.92 Å². The van der Waals surface area contributed by atoms with Crippen LogP contribution in [0.5, 0.6) is 0 Å². The standard InChI is InChI=1S/C35H38N4/c1-23-8-12-28(13-9-23)24(2)33-25(3)31-6-5-7-32(34(31)35(33)37-26(4)36)29-14-16-30(17-15-29)39-20-18-38(19-21-39)22-27-10-11-27/h5-9,12-17,27H,2-3,10-11,18-22H2,1,4H3,(H2,36,37). The number of piperazine rings is 1. The van der Waals surface area contributed by atoms with Gasteiger partial charge in [-0.1, -0.05) is 73.3 Å². The smallest absolute Gasteiger partial charge is 0.0965 e. The highest BCUT2D eigenvalue weighted by atomic mass is 15.3. The van der Waals surface area contributed by atoms with Gasteiger partial charge >= 0.3 is 0 Å². The SMILES string of the molecule is C=C(C1=C(N=C(C)N)c2c(cccc2-c2ccc(N3CCN(CC4CC4)CC3)cc2)C1=C)c1ccc(C)cc1. The third-order valence-corrected chi connectivity index (χ3v) is 8.28. The zero-order valence-electron chi connectivity index (χ0n) is 23.2. The summed E-state index contributed by atoms with van der Waals surface area (Å²) in [6.45, 7) is 18.7. The van der Waals surface area contributed by atoms with E-state index in [2.05, 4.69) is 96.6 Å². The van der Waals surface area contributed by atoms with Gasteiger partial charge in [-0.05, 0) is 78.1 Å². The van der Waals surface area contributed by atoms with Crippen LogP contribution in [0.3, 0.4) is 0 Å². The van der Waals surface area contributed by atoms with Crippen molar-refractivity contribution in [1.29, 1.82) is 0 Å². The van der Waals surface area contributed by atoms with Crippen molar-refractivity contribution in [2.75, 3.05) is 37.6 Å². The van der Waals surface area contributed by atoms with Crippen molar-refractivity contribution < 1.29 is 0 Å². The van der Waals surface area contributed by atoms with E-state index < -0.39 is 0 Å². The molecule has 2 fully saturated rings. The molecule has 2 aliphatic carbocycles. The Morgan fingerprint density at radius 2 is 1.59 bits per heavy atom. The van der Waals surface area contributed by atoms with E-state index in [1.54, 1.807) is 0 Å². The maximum Gasteiger partial charge on any atom is 0.0965 e. The number of hydrogen-bond donors (Lipinski definition) is 1. The van der Waals surface area contributed by atoms with Crippen molar-refractivity contribution in [1.82, 2.24) is 4.90 Å². The summed E-state index contributed by atoms with van der Waals surface area (Å²) in [4.78, 5) is 10.0. The van der Waals surface area contributed by atoms with E-state index in [-0.39, 0.29) is 0 Å². The second-order valence-electron chi connectivity index (χ2n) is 11.3. The number of aryl methyl sites for hydroxylation is 1. The fraction of sp³-hybridized carbons (Fsp3) is 0.286. The van der Waals surface area contributed by atoms with E-state index in [9.17, 15) is 0 Å². The van der Waals surface area contributed by atoms with Crippen LogP contribution in [-0.2, 0) is 0 Å². The molecule has 0 atom stereocenters. The molecule has 1 aliphatic heterocycles. The van der Waals surface area contributed by atoms with Crippen LogP contribution in [-0.4, -0.2) is 43.5 Å². The summed E-state index contributed by atoms with van der Waals surface area (Å²) in [5.41, 5.74) is 17.9. The summed E-state index contributed by atoms with van der Waals surface area (Å²) in [5, 5.41) is 0. The molecule has 1 saturated heterocycles. The predicted octanol–water partition coefficient (Wildman–Crippen LogP) is 7.02. The third kappa shape index (κ3) is 5.09. The molecule has 4 heteroatoms. The highest BCUT2D eigenvalue weighted by molar-refractivity contribution is 6.14. The second-order valence-corrected chi connectivity index (χ2v) is 11.3. The van der Waals surface area contributed by atoms with Gasteiger partial charge in [0.25, 0.3) is 0 Å². The first-order chi connectivity index (χ1) is 18.9. The van der Waals surface area contributed by atoms with E-state index >= 15 is 0 Å². The average Bonchev–Trinajstić information content (AvgIpc) is 3.72. The van der Waals surface area contributed by atoms with Gasteiger partial charge in [0.05, 0.1) is 11.5 Å². The maximum absolute atomic E-state index is 6.17. The van der Waals surface area contributed by atoms with E-state index in [4.69, 9.17) is 10.7 Å². The third-order valence-electron chi connectivity index (χ3n) is 8.28. The quantitative estimate of drug-likeness (QED) is 0.272. The lowest BCUT2D eigenvalue weighted by Gasteiger charge is -2.36. The van der Waals surface area contributed by atoms with Crippen LogP contribution < -0.4 is 10.6 Å². The number of aliphatic imine (C=N–C) groups is 1. The van der Waals surface area contributed by atoms with Crippen LogP contribution in [0.1, 0.15) is 42.0 Å². The number of rotatable bonds is 7. The molecule has 0 bridgehead atoms. The number of nitrogens with zero attached hydrogens (tertiary/aromatic N) is 3. The fourth-order valence-electron chi connectivity index (χ4n) is 5.92. The summed E-state index contributed by atoms with van der Waals surface area (Å²) >= 11 is 0. The maximum atomic E-state index is 6.17. The second kappa shape index (κ2) is 10.3. The molecular formula is C35H38N4. The van der Waals surface area contributed by atoms with Crippen LogP contribution in [0, 0.1) is 12.8 Å². The number of benzene rings is 3. The Balaban J connectivity index is 1.32. The lowest BCUT2D eigenvalue weighted by molar-refractivity contribution is 0.248. The predicted molar refractivity (Wildman–Crippen MR) is 167 cm³/mol. The van der Waals surface area contributed by atoms with Gasteiger partial charge in [0.15, 0.2) is 0 Å². The lowest BCUT2D eigenvalue weighted by Crippen LogP contribution is -2.47. The minimum atomic E-state index is 0.519. The minimum Gasteiger partial charge on any atom is -0.387 e. The van der Waals surface area contributed by atoms with Gasteiger partial charge in [-0.25, -0.2) is 4.99 Å². The van der Waals surface area contributed by atoms with Gasteiger partial charge in [0.1, 0.15) is 0 Å². The topological polar surface area (TPSA) is 44.9 Å². The van der Waals surface area contributed by atoms with Gasteiger partial charge < -0.3 is 10.6 Å². The first-order valence-corrected chi connectivity index (χ1v) is 14.1. The molecule has 0 spiro atoms. The van der Waals surface area contributed by atoms with Crippen molar-refractivity contribution in [3.8, 4) is 11.1 Å². The Kier molecular flexibility index (Phi) is 6.74. The Labute approximate surface area is 232 Å². The molecule has 0 radical (unpaired) electrons. The molecule has 0 aromatic heterocycles. The molecule has 3 aromatic carbocycles. The Hall–Kier alpha value is -3.89. The normalized spacial score (nSPS) is 18.1. The molecular weight excluding hydrogens is 476 g/mol. The molecule has 0 unspecified atom stereocenters. The Morgan fingerprint density at radius 3 is 2.23 bits per heavy atom. The van der Waals surface area contributed by atoms with E-state index in [0.29, 0.717) is 5.84 Å². The summed E-state index contributed by atoms with van der Waals surface area (Å²) in [5.74, 6) is 1.48. The largest absolute Gasteiger partial charge is 0.387 e. The molecule has 0 amide bonds. The zero-order valence-corrected chi connectivity index (χ0v) is 23.2. The van der Waals surface area contributed by atoms with Crippen molar-refractivity contribution in [2.45, 2.75) is 26.7 Å². The highest BCUT2D eigenvalue weighted by Gasteiger charge is 2.30. The number of amidine groups is 1. The Morgan fingerprint density at radius 1 is 0.923 bits per heavy atom. The fourth-order valence-corrected chi connectivity index (χ4v) is 5.92. The average molecular weight is 515 g/mol. The highest BCUT2D eigenvalue weighted by Crippen LogP contribution is 2.49. The van der Waals surface area contributed by atoms with Crippen LogP contribution in [0.25, 0.3) is 28.0 Å². The number of hydrogen-bond acceptors (Lipinski definition) is 3. The van der Waals surface area contributed by atoms with E-state index in [0.717, 1.165) is 76.8 Å². The Bertz CT molecular complexity index is 1470. The molecule has 1 heterocycles. The molecule has 4 nitrogen and oxygen atoms in total. The van der Waals surface area contributed by atoms with Gasteiger partial charge in [-0.15, -0.1) is 0 Å². The van der Waals surface area contributed by atoms with Gasteiger partial charge in [-0.3, -0.25) is 4.90 Å². The van der Waals surface area contributed by atoms with Crippen LogP contribution in [0.2, 0.25) is 0 Å². The van der Waals surface area contributed by atoms with Crippen molar-refractivity contribution in [2.24, 2.45) is 16.6 Å². The number of fused-ring (bicyclic) bond motifs is 1. The van der Waals surface area contributed by atoms with Crippen molar-refractivity contribution in [3.05, 3.63) is 108 Å². The van der Waals surface area contributed by atoms with Crippen LogP contribution in [0.4, 0.5) is 5.69 Å². The molecule has 39 heavy (non-hydrogen) atoms. The summed E-state index contributed by atoms with van der Waals surface area (Å²) in [6, 6.07) is 23.9. The number of nitrogens with two attached hydrogens (primary N) is 1. The molecule has 6 rings (SSSR count). The van der Waals surface area contributed by atoms with Crippen LogP contribution >= 0.6 is 0 Å². The van der Waals surface area contributed by atoms with Gasteiger partial charge in [0.2, 0.25) is 0 Å². The molecule has 2 N–H and O–H groups in total. The summed E-state index contributed by atoms with van der Waals surface area (Å²) in [6.07, 6.45) is 2.85. The van der Waals surface area contributed by atoms with Crippen LogP contribution in [0.15, 0.2) is 90.5 Å². The zero-order chi connectivity index (χ0) is 27.1. The molecule has 3 aliphatic rings. The number of anilines is 1. The first kappa shape index (κ1) is 25.4. The number of allylic oxidation sites excluding steroid dienone is 3. The monoisotopic (exact) mass is 514 g/mol. The summed E-state index contributed by atoms with van der Waals surface area (Å²) < 4.78 is 0. The van der Waals surface area contributed by atoms with Crippen molar-refractivity contribution in [3.63, 3.8) is 0 Å². The van der Waals surface area contributed by atoms with E-state index in [1.165, 1.54) is 36.2 Å². The van der Waals surface area contributed by atoms with Crippen molar-refractivity contribution >= 4 is 28.4 Å². The molecule has 198 valence electrons. The molecule has 3 aromatic rings. The summed E-state index contributed by atoms with van der Waals surface area (Å²) in [7, 11) is 0.